The van der Waals surface area contributed by atoms with Gasteiger partial charge in [-0.15, -0.1) is 13.2 Å². The van der Waals surface area contributed by atoms with Crippen molar-refractivity contribution >= 4 is 11.8 Å². The Morgan fingerprint density at radius 3 is 2.31 bits per heavy atom. The Hall–Kier alpha value is -1.58. The van der Waals surface area contributed by atoms with Gasteiger partial charge in [0.1, 0.15) is 0 Å². The lowest BCUT2D eigenvalue weighted by atomic mass is 10.4. The molecule has 0 heterocycles. The first-order valence-corrected chi connectivity index (χ1v) is 3.74. The standard InChI is InChI=1S/C7H12N2.C2H4O2/c1-3-5-7(8)9-6-4-2;1-2(3)4/h3-4H,1-2,5-6H2,(H2,8,9);1H3,(H,3,4). The van der Waals surface area contributed by atoms with Gasteiger partial charge in [-0.05, 0) is 0 Å². The van der Waals surface area contributed by atoms with Crippen molar-refractivity contribution < 1.29 is 9.90 Å². The zero-order valence-electron chi connectivity index (χ0n) is 7.86. The molecule has 0 saturated carbocycles. The second-order valence-electron chi connectivity index (χ2n) is 2.13. The van der Waals surface area contributed by atoms with Crippen LogP contribution in [0.25, 0.3) is 0 Å². The minimum atomic E-state index is -0.833. The Morgan fingerprint density at radius 1 is 1.54 bits per heavy atom. The number of nitrogens with two attached hydrogens (primary N) is 1. The van der Waals surface area contributed by atoms with Gasteiger partial charge in [0, 0.05) is 13.3 Å². The van der Waals surface area contributed by atoms with Crippen LogP contribution >= 0.6 is 0 Å². The van der Waals surface area contributed by atoms with E-state index < -0.39 is 5.97 Å². The average molecular weight is 184 g/mol. The highest BCUT2D eigenvalue weighted by Gasteiger charge is 1.82. The SMILES string of the molecule is C=CCN=C(N)CC=C.CC(=O)O. The third-order valence-electron chi connectivity index (χ3n) is 0.777. The van der Waals surface area contributed by atoms with E-state index in [1.54, 1.807) is 12.2 Å². The van der Waals surface area contributed by atoms with Gasteiger partial charge >= 0.3 is 0 Å². The van der Waals surface area contributed by atoms with Gasteiger partial charge in [0.25, 0.3) is 5.97 Å². The summed E-state index contributed by atoms with van der Waals surface area (Å²) in [6.07, 6.45) is 4.09. The molecule has 4 nitrogen and oxygen atoms in total. The van der Waals surface area contributed by atoms with Crippen molar-refractivity contribution in [2.45, 2.75) is 13.3 Å². The van der Waals surface area contributed by atoms with E-state index in [0.717, 1.165) is 6.92 Å². The van der Waals surface area contributed by atoms with Crippen molar-refractivity contribution in [2.75, 3.05) is 6.54 Å². The number of carbonyl (C=O) groups is 1. The third-order valence-corrected chi connectivity index (χ3v) is 0.777. The van der Waals surface area contributed by atoms with Crippen molar-refractivity contribution in [3.8, 4) is 0 Å². The molecule has 0 aliphatic heterocycles. The van der Waals surface area contributed by atoms with Gasteiger partial charge in [0.15, 0.2) is 0 Å². The molecule has 0 rings (SSSR count). The Bertz CT molecular complexity index is 194. The zero-order chi connectivity index (χ0) is 10.7. The van der Waals surface area contributed by atoms with Crippen LogP contribution in [0.2, 0.25) is 0 Å². The number of carboxylic acids is 1. The smallest absolute Gasteiger partial charge is 0.300 e. The number of carboxylic acid groups (broad SMARTS) is 1. The van der Waals surface area contributed by atoms with Crippen LogP contribution in [0.3, 0.4) is 0 Å². The summed E-state index contributed by atoms with van der Waals surface area (Å²) >= 11 is 0. The van der Waals surface area contributed by atoms with Crippen molar-refractivity contribution in [1.82, 2.24) is 0 Å². The summed E-state index contributed by atoms with van der Waals surface area (Å²) in [5, 5.41) is 7.42. The van der Waals surface area contributed by atoms with E-state index in [1.165, 1.54) is 0 Å². The molecule has 0 saturated heterocycles. The summed E-state index contributed by atoms with van der Waals surface area (Å²) in [4.78, 5) is 12.9. The number of amidine groups is 1. The van der Waals surface area contributed by atoms with Crippen LogP contribution in [0.5, 0.6) is 0 Å². The van der Waals surface area contributed by atoms with E-state index in [-0.39, 0.29) is 0 Å². The fourth-order valence-electron chi connectivity index (χ4n) is 0.394. The molecule has 0 fully saturated rings. The first-order valence-electron chi connectivity index (χ1n) is 3.74. The summed E-state index contributed by atoms with van der Waals surface area (Å²) in [7, 11) is 0. The van der Waals surface area contributed by atoms with E-state index >= 15 is 0 Å². The number of aliphatic carboxylic acids is 1. The summed E-state index contributed by atoms with van der Waals surface area (Å²) in [6, 6.07) is 0. The molecular weight excluding hydrogens is 168 g/mol. The first kappa shape index (κ1) is 14.0. The minimum absolute atomic E-state index is 0.597. The predicted molar refractivity (Wildman–Crippen MR) is 54.8 cm³/mol. The molecule has 0 spiro atoms. The Kier molecular flexibility index (Phi) is 11.2. The molecular formula is C9H16N2O2. The average Bonchev–Trinajstić information content (AvgIpc) is 2.00. The topological polar surface area (TPSA) is 75.7 Å². The fraction of sp³-hybridized carbons (Fsp3) is 0.333. The fourth-order valence-corrected chi connectivity index (χ4v) is 0.394. The number of rotatable bonds is 4. The van der Waals surface area contributed by atoms with E-state index in [0.29, 0.717) is 18.8 Å². The van der Waals surface area contributed by atoms with E-state index in [2.05, 4.69) is 18.2 Å². The zero-order valence-corrected chi connectivity index (χ0v) is 7.86. The van der Waals surface area contributed by atoms with Crippen LogP contribution in [0.4, 0.5) is 0 Å². The van der Waals surface area contributed by atoms with Gasteiger partial charge in [-0.25, -0.2) is 0 Å². The van der Waals surface area contributed by atoms with Crippen LogP contribution in [-0.4, -0.2) is 23.5 Å². The molecule has 0 unspecified atom stereocenters. The monoisotopic (exact) mass is 184 g/mol. The van der Waals surface area contributed by atoms with E-state index in [4.69, 9.17) is 15.6 Å². The molecule has 4 heteroatoms. The summed E-state index contributed by atoms with van der Waals surface area (Å²) < 4.78 is 0. The molecule has 13 heavy (non-hydrogen) atoms. The molecule has 0 aromatic heterocycles. The molecule has 3 N–H and O–H groups in total. The first-order chi connectivity index (χ1) is 6.04. The molecule has 0 bridgehead atoms. The molecule has 0 amide bonds. The maximum absolute atomic E-state index is 9.00. The van der Waals surface area contributed by atoms with Crippen LogP contribution in [0, 0.1) is 0 Å². The van der Waals surface area contributed by atoms with Crippen molar-refractivity contribution in [3.63, 3.8) is 0 Å². The Balaban J connectivity index is 0. The predicted octanol–water partition coefficient (Wildman–Crippen LogP) is 1.20. The summed E-state index contributed by atoms with van der Waals surface area (Å²) in [5.41, 5.74) is 5.40. The van der Waals surface area contributed by atoms with Crippen LogP contribution < -0.4 is 5.73 Å². The molecule has 0 atom stereocenters. The van der Waals surface area contributed by atoms with E-state index in [1.807, 2.05) is 0 Å². The largest absolute Gasteiger partial charge is 0.481 e. The number of nitrogens with zero attached hydrogens (tertiary/aromatic N) is 1. The number of hydrogen-bond acceptors (Lipinski definition) is 2. The highest BCUT2D eigenvalue weighted by molar-refractivity contribution is 5.81. The third kappa shape index (κ3) is 25.1. The van der Waals surface area contributed by atoms with Gasteiger partial charge in [-0.1, -0.05) is 12.2 Å². The lowest BCUT2D eigenvalue weighted by Crippen LogP contribution is -2.10. The van der Waals surface area contributed by atoms with Crippen LogP contribution in [0.15, 0.2) is 30.3 Å². The Morgan fingerprint density at radius 2 is 2.00 bits per heavy atom. The number of hydrogen-bond donors (Lipinski definition) is 2. The normalized spacial score (nSPS) is 9.46. The molecule has 0 radical (unpaired) electrons. The van der Waals surface area contributed by atoms with Crippen molar-refractivity contribution in [2.24, 2.45) is 10.7 Å². The quantitative estimate of drug-likeness (QED) is 0.391. The second-order valence-corrected chi connectivity index (χ2v) is 2.13. The lowest BCUT2D eigenvalue weighted by Gasteiger charge is -1.91. The van der Waals surface area contributed by atoms with Crippen molar-refractivity contribution in [1.29, 1.82) is 0 Å². The van der Waals surface area contributed by atoms with Crippen LogP contribution in [-0.2, 0) is 4.79 Å². The van der Waals surface area contributed by atoms with Gasteiger partial charge in [-0.3, -0.25) is 9.79 Å². The molecule has 0 aromatic carbocycles. The van der Waals surface area contributed by atoms with Gasteiger partial charge in [0.2, 0.25) is 0 Å². The second kappa shape index (κ2) is 10.4. The van der Waals surface area contributed by atoms with E-state index in [9.17, 15) is 0 Å². The maximum atomic E-state index is 9.00. The summed E-state index contributed by atoms with van der Waals surface area (Å²) in [6.45, 7) is 8.71. The maximum Gasteiger partial charge on any atom is 0.300 e. The van der Waals surface area contributed by atoms with Crippen LogP contribution in [0.1, 0.15) is 13.3 Å². The molecule has 0 aliphatic rings. The lowest BCUT2D eigenvalue weighted by molar-refractivity contribution is -0.134. The highest BCUT2D eigenvalue weighted by atomic mass is 16.4. The number of aliphatic imine (C=N–C) groups is 1. The van der Waals surface area contributed by atoms with Gasteiger partial charge in [0.05, 0.1) is 12.4 Å². The van der Waals surface area contributed by atoms with Gasteiger partial charge < -0.3 is 10.8 Å². The van der Waals surface area contributed by atoms with Crippen molar-refractivity contribution in [3.05, 3.63) is 25.3 Å². The molecule has 0 aromatic rings. The Labute approximate surface area is 78.5 Å². The minimum Gasteiger partial charge on any atom is -0.481 e. The molecule has 74 valence electrons. The molecule has 0 aliphatic carbocycles. The highest BCUT2D eigenvalue weighted by Crippen LogP contribution is 1.80. The van der Waals surface area contributed by atoms with Gasteiger partial charge in [-0.2, -0.15) is 0 Å². The summed E-state index contributed by atoms with van der Waals surface area (Å²) in [5.74, 6) is -0.218.